The number of nitrogens with one attached hydrogen (secondary N) is 2. The Bertz CT molecular complexity index is 661. The minimum absolute atomic E-state index is 0.0157. The van der Waals surface area contributed by atoms with Gasteiger partial charge in [-0.3, -0.25) is 14.9 Å². The van der Waals surface area contributed by atoms with Gasteiger partial charge in [0.1, 0.15) is 5.60 Å². The highest BCUT2D eigenvalue weighted by Gasteiger charge is 2.15. The van der Waals surface area contributed by atoms with Gasteiger partial charge in [0, 0.05) is 17.8 Å². The van der Waals surface area contributed by atoms with Crippen LogP contribution in [-0.4, -0.2) is 28.1 Å². The molecule has 0 fully saturated rings. The van der Waals surface area contributed by atoms with Crippen LogP contribution in [0, 0.1) is 22.0 Å². The van der Waals surface area contributed by atoms with Crippen molar-refractivity contribution in [3.05, 3.63) is 38.3 Å². The maximum absolute atomic E-state index is 11.3. The Labute approximate surface area is 120 Å². The Morgan fingerprint density at radius 2 is 2.19 bits per heavy atom. The van der Waals surface area contributed by atoms with E-state index in [0.717, 1.165) is 6.07 Å². The molecule has 2 N–H and O–H groups in total. The zero-order valence-corrected chi connectivity index (χ0v) is 11.9. The fourth-order valence-corrected chi connectivity index (χ4v) is 1.26. The van der Waals surface area contributed by atoms with Gasteiger partial charge in [0.25, 0.3) is 0 Å². The first-order valence-electron chi connectivity index (χ1n) is 6.02. The van der Waals surface area contributed by atoms with Crippen molar-refractivity contribution in [3.8, 4) is 11.8 Å². The molecule has 8 heteroatoms. The van der Waals surface area contributed by atoms with Crippen molar-refractivity contribution in [1.82, 2.24) is 10.3 Å². The van der Waals surface area contributed by atoms with Crippen molar-refractivity contribution in [3.63, 3.8) is 0 Å². The van der Waals surface area contributed by atoms with Gasteiger partial charge in [0.05, 0.1) is 11.5 Å². The SMILES string of the molecule is CC(C)(C)OC(=O)NCC#Cc1c[nH]c(=O)c([N+](=O)[O-])c1. The van der Waals surface area contributed by atoms with Crippen LogP contribution in [0.1, 0.15) is 26.3 Å². The summed E-state index contributed by atoms with van der Waals surface area (Å²) in [5.74, 6) is 5.19. The molecular formula is C13H15N3O5. The van der Waals surface area contributed by atoms with E-state index < -0.39 is 27.9 Å². The Morgan fingerprint density at radius 1 is 1.52 bits per heavy atom. The van der Waals surface area contributed by atoms with Crippen molar-refractivity contribution in [2.45, 2.75) is 26.4 Å². The number of aromatic nitrogens is 1. The highest BCUT2D eigenvalue weighted by atomic mass is 16.6. The molecule has 0 aliphatic carbocycles. The van der Waals surface area contributed by atoms with Crippen LogP contribution in [0.4, 0.5) is 10.5 Å². The summed E-state index contributed by atoms with van der Waals surface area (Å²) in [4.78, 5) is 34.5. The third-order valence-electron chi connectivity index (χ3n) is 2.03. The van der Waals surface area contributed by atoms with E-state index in [2.05, 4.69) is 22.1 Å². The van der Waals surface area contributed by atoms with Crippen molar-refractivity contribution in [2.75, 3.05) is 6.54 Å². The van der Waals surface area contributed by atoms with E-state index in [-0.39, 0.29) is 12.1 Å². The lowest BCUT2D eigenvalue weighted by Gasteiger charge is -2.18. The molecule has 0 saturated carbocycles. The number of nitrogens with zero attached hydrogens (tertiary/aromatic N) is 1. The monoisotopic (exact) mass is 293 g/mol. The fourth-order valence-electron chi connectivity index (χ4n) is 1.26. The second kappa shape index (κ2) is 6.56. The number of aromatic amines is 1. The van der Waals surface area contributed by atoms with Gasteiger partial charge in [0.2, 0.25) is 0 Å². The molecule has 1 aromatic rings. The lowest BCUT2D eigenvalue weighted by Crippen LogP contribution is -2.32. The number of carbonyl (C=O) groups is 1. The zero-order valence-electron chi connectivity index (χ0n) is 11.9. The average Bonchev–Trinajstić information content (AvgIpc) is 2.34. The summed E-state index contributed by atoms with van der Waals surface area (Å²) in [5, 5.41) is 13.0. The average molecular weight is 293 g/mol. The van der Waals surface area contributed by atoms with Crippen LogP contribution in [0.15, 0.2) is 17.1 Å². The first-order chi connectivity index (χ1) is 9.69. The lowest BCUT2D eigenvalue weighted by molar-refractivity contribution is -0.386. The molecular weight excluding hydrogens is 278 g/mol. The summed E-state index contributed by atoms with van der Waals surface area (Å²) in [7, 11) is 0. The summed E-state index contributed by atoms with van der Waals surface area (Å²) in [6, 6.07) is 1.07. The normalized spacial score (nSPS) is 10.2. The predicted octanol–water partition coefficient (Wildman–Crippen LogP) is 1.16. The number of hydrogen-bond donors (Lipinski definition) is 2. The molecule has 0 unspecified atom stereocenters. The van der Waals surface area contributed by atoms with Crippen LogP contribution in [0.25, 0.3) is 0 Å². The molecule has 0 aromatic carbocycles. The largest absolute Gasteiger partial charge is 0.444 e. The summed E-state index contributed by atoms with van der Waals surface area (Å²) >= 11 is 0. The molecule has 112 valence electrons. The molecule has 1 rings (SSSR count). The predicted molar refractivity (Wildman–Crippen MR) is 74.8 cm³/mol. The quantitative estimate of drug-likeness (QED) is 0.482. The van der Waals surface area contributed by atoms with Gasteiger partial charge in [-0.05, 0) is 20.8 Å². The van der Waals surface area contributed by atoms with Gasteiger partial charge >= 0.3 is 17.3 Å². The van der Waals surface area contributed by atoms with E-state index >= 15 is 0 Å². The second-order valence-electron chi connectivity index (χ2n) is 5.02. The molecule has 0 bridgehead atoms. The maximum Gasteiger partial charge on any atom is 0.408 e. The van der Waals surface area contributed by atoms with E-state index in [1.165, 1.54) is 6.20 Å². The standard InChI is InChI=1S/C13H15N3O5/c1-13(2,3)21-12(18)14-6-4-5-9-7-10(16(19)20)11(17)15-8-9/h7-8H,6H2,1-3H3,(H,14,18)(H,15,17). The highest BCUT2D eigenvalue weighted by molar-refractivity contribution is 5.68. The first kappa shape index (κ1) is 16.2. The fraction of sp³-hybridized carbons (Fsp3) is 0.385. The van der Waals surface area contributed by atoms with E-state index in [1.54, 1.807) is 20.8 Å². The van der Waals surface area contributed by atoms with E-state index in [0.29, 0.717) is 0 Å². The van der Waals surface area contributed by atoms with Gasteiger partial charge in [-0.15, -0.1) is 0 Å². The molecule has 0 aliphatic heterocycles. The molecule has 0 saturated heterocycles. The van der Waals surface area contributed by atoms with E-state index in [4.69, 9.17) is 4.74 Å². The van der Waals surface area contributed by atoms with Gasteiger partial charge in [-0.2, -0.15) is 0 Å². The summed E-state index contributed by atoms with van der Waals surface area (Å²) in [5.41, 5.74) is -1.71. The Morgan fingerprint density at radius 3 is 2.76 bits per heavy atom. The third kappa shape index (κ3) is 5.78. The van der Waals surface area contributed by atoms with Gasteiger partial charge < -0.3 is 15.0 Å². The minimum Gasteiger partial charge on any atom is -0.444 e. The van der Waals surface area contributed by atoms with Crippen LogP contribution in [0.5, 0.6) is 0 Å². The van der Waals surface area contributed by atoms with Crippen LogP contribution in [0.2, 0.25) is 0 Å². The van der Waals surface area contributed by atoms with Crippen molar-refractivity contribution >= 4 is 11.8 Å². The van der Waals surface area contributed by atoms with Crippen LogP contribution in [0.3, 0.4) is 0 Å². The Hall–Kier alpha value is -2.82. The Kier molecular flexibility index (Phi) is 5.07. The molecule has 1 aromatic heterocycles. The second-order valence-corrected chi connectivity index (χ2v) is 5.02. The van der Waals surface area contributed by atoms with E-state index in [1.807, 2.05) is 0 Å². The minimum atomic E-state index is -0.794. The first-order valence-corrected chi connectivity index (χ1v) is 6.02. The molecule has 1 heterocycles. The van der Waals surface area contributed by atoms with Gasteiger partial charge in [-0.1, -0.05) is 11.8 Å². The number of alkyl carbamates (subject to hydrolysis) is 1. The number of rotatable bonds is 2. The Balaban J connectivity index is 2.64. The molecule has 21 heavy (non-hydrogen) atoms. The summed E-state index contributed by atoms with van der Waals surface area (Å²) in [6.07, 6.45) is 0.653. The number of amides is 1. The van der Waals surface area contributed by atoms with Gasteiger partial charge in [-0.25, -0.2) is 4.79 Å². The number of nitro groups is 1. The number of pyridine rings is 1. The molecule has 8 nitrogen and oxygen atoms in total. The zero-order chi connectivity index (χ0) is 16.0. The van der Waals surface area contributed by atoms with Crippen LogP contribution < -0.4 is 10.9 Å². The van der Waals surface area contributed by atoms with Crippen molar-refractivity contribution < 1.29 is 14.5 Å². The summed E-state index contributed by atoms with van der Waals surface area (Å²) < 4.78 is 5.00. The lowest BCUT2D eigenvalue weighted by atomic mass is 10.2. The molecule has 0 atom stereocenters. The van der Waals surface area contributed by atoms with Crippen LogP contribution >= 0.6 is 0 Å². The van der Waals surface area contributed by atoms with Gasteiger partial charge in [0.15, 0.2) is 0 Å². The van der Waals surface area contributed by atoms with Crippen molar-refractivity contribution in [2.24, 2.45) is 0 Å². The maximum atomic E-state index is 11.3. The smallest absolute Gasteiger partial charge is 0.408 e. The highest BCUT2D eigenvalue weighted by Crippen LogP contribution is 2.06. The molecule has 0 spiro atoms. The number of carbonyl (C=O) groups excluding carboxylic acids is 1. The van der Waals surface area contributed by atoms with E-state index in [9.17, 15) is 19.7 Å². The number of hydrogen-bond acceptors (Lipinski definition) is 5. The topological polar surface area (TPSA) is 114 Å². The molecule has 1 amide bonds. The number of H-pyrrole nitrogens is 1. The summed E-state index contributed by atoms with van der Waals surface area (Å²) in [6.45, 7) is 5.22. The van der Waals surface area contributed by atoms with Crippen molar-refractivity contribution in [1.29, 1.82) is 0 Å². The molecule has 0 aliphatic rings. The number of ether oxygens (including phenoxy) is 1. The third-order valence-corrected chi connectivity index (χ3v) is 2.03. The van der Waals surface area contributed by atoms with Crippen LogP contribution in [-0.2, 0) is 4.74 Å². The molecule has 0 radical (unpaired) electrons.